The lowest BCUT2D eigenvalue weighted by atomic mass is 9.99. The Bertz CT molecular complexity index is 348. The molecule has 2 amide bonds. The number of imide groups is 1. The maximum Gasteiger partial charge on any atom is 0.234 e. The molecule has 0 saturated carbocycles. The van der Waals surface area contributed by atoms with Crippen LogP contribution >= 0.6 is 0 Å². The van der Waals surface area contributed by atoms with Gasteiger partial charge in [-0.05, 0) is 17.7 Å². The van der Waals surface area contributed by atoms with Crippen LogP contribution in [0.2, 0.25) is 0 Å². The van der Waals surface area contributed by atoms with Crippen LogP contribution in [0.1, 0.15) is 17.9 Å². The van der Waals surface area contributed by atoms with Crippen LogP contribution in [0.3, 0.4) is 0 Å². The molecule has 1 N–H and O–H groups in total. The molecular formula is C9H8N2O2. The van der Waals surface area contributed by atoms with Gasteiger partial charge in [-0.25, -0.2) is 0 Å². The van der Waals surface area contributed by atoms with Crippen molar-refractivity contribution in [3.8, 4) is 0 Å². The van der Waals surface area contributed by atoms with Gasteiger partial charge in [-0.1, -0.05) is 0 Å². The van der Waals surface area contributed by atoms with Gasteiger partial charge in [0, 0.05) is 18.8 Å². The molecule has 2 rings (SSSR count). The van der Waals surface area contributed by atoms with Crippen molar-refractivity contribution in [2.75, 3.05) is 0 Å². The van der Waals surface area contributed by atoms with Gasteiger partial charge in [0.05, 0.1) is 5.92 Å². The van der Waals surface area contributed by atoms with Crippen molar-refractivity contribution in [3.05, 3.63) is 30.1 Å². The third-order valence-electron chi connectivity index (χ3n) is 2.08. The van der Waals surface area contributed by atoms with Gasteiger partial charge >= 0.3 is 0 Å². The Morgan fingerprint density at radius 2 is 2.00 bits per heavy atom. The first-order chi connectivity index (χ1) is 6.27. The molecule has 1 aliphatic heterocycles. The van der Waals surface area contributed by atoms with Crippen molar-refractivity contribution < 1.29 is 9.59 Å². The summed E-state index contributed by atoms with van der Waals surface area (Å²) >= 11 is 0. The number of nitrogens with zero attached hydrogens (tertiary/aromatic N) is 1. The molecule has 0 radical (unpaired) electrons. The molecule has 1 aromatic heterocycles. The van der Waals surface area contributed by atoms with Crippen LogP contribution in [0, 0.1) is 0 Å². The summed E-state index contributed by atoms with van der Waals surface area (Å²) in [5, 5.41) is 2.27. The van der Waals surface area contributed by atoms with E-state index in [1.165, 1.54) is 0 Å². The summed E-state index contributed by atoms with van der Waals surface area (Å²) in [6, 6.07) is 3.51. The summed E-state index contributed by atoms with van der Waals surface area (Å²) in [6.07, 6.45) is 3.49. The standard InChI is InChI=1S/C9H8N2O2/c12-8-5-7(9(13)11-8)6-1-3-10-4-2-6/h1-4,7H,5H2,(H,11,12,13). The highest BCUT2D eigenvalue weighted by molar-refractivity contribution is 6.06. The van der Waals surface area contributed by atoms with Gasteiger partial charge in [-0.3, -0.25) is 19.9 Å². The molecule has 1 saturated heterocycles. The van der Waals surface area contributed by atoms with E-state index in [2.05, 4.69) is 10.3 Å². The second kappa shape index (κ2) is 2.97. The maximum atomic E-state index is 11.2. The molecule has 0 aliphatic carbocycles. The second-order valence-electron chi connectivity index (χ2n) is 2.95. The first-order valence-corrected chi connectivity index (χ1v) is 4.01. The van der Waals surface area contributed by atoms with Crippen LogP contribution in [-0.2, 0) is 9.59 Å². The van der Waals surface area contributed by atoms with Crippen molar-refractivity contribution in [1.82, 2.24) is 10.3 Å². The number of hydrogen-bond acceptors (Lipinski definition) is 3. The summed E-state index contributed by atoms with van der Waals surface area (Å²) < 4.78 is 0. The minimum Gasteiger partial charge on any atom is -0.296 e. The highest BCUT2D eigenvalue weighted by Crippen LogP contribution is 2.22. The first kappa shape index (κ1) is 7.91. The fourth-order valence-electron chi connectivity index (χ4n) is 1.42. The molecule has 1 atom stereocenters. The predicted octanol–water partition coefficient (Wildman–Crippen LogP) is 0.212. The molecule has 13 heavy (non-hydrogen) atoms. The topological polar surface area (TPSA) is 59.1 Å². The van der Waals surface area contributed by atoms with E-state index in [9.17, 15) is 9.59 Å². The minimum absolute atomic E-state index is 0.202. The van der Waals surface area contributed by atoms with Crippen molar-refractivity contribution in [2.24, 2.45) is 0 Å². The number of amides is 2. The zero-order valence-electron chi connectivity index (χ0n) is 6.86. The molecule has 1 unspecified atom stereocenters. The van der Waals surface area contributed by atoms with E-state index >= 15 is 0 Å². The van der Waals surface area contributed by atoms with Crippen molar-refractivity contribution >= 4 is 11.8 Å². The first-order valence-electron chi connectivity index (χ1n) is 4.01. The van der Waals surface area contributed by atoms with Gasteiger partial charge in [-0.2, -0.15) is 0 Å². The average molecular weight is 176 g/mol. The van der Waals surface area contributed by atoms with E-state index < -0.39 is 0 Å². The Labute approximate surface area is 75.0 Å². The molecule has 2 heterocycles. The van der Waals surface area contributed by atoms with Gasteiger partial charge in [0.2, 0.25) is 11.8 Å². The van der Waals surface area contributed by atoms with E-state index in [1.807, 2.05) is 0 Å². The number of hydrogen-bond donors (Lipinski definition) is 1. The second-order valence-corrected chi connectivity index (χ2v) is 2.95. The Kier molecular flexibility index (Phi) is 1.81. The molecule has 1 aromatic rings. The molecule has 0 spiro atoms. The van der Waals surface area contributed by atoms with Crippen molar-refractivity contribution in [3.63, 3.8) is 0 Å². The van der Waals surface area contributed by atoms with E-state index in [4.69, 9.17) is 0 Å². The summed E-state index contributed by atoms with van der Waals surface area (Å²) in [7, 11) is 0. The highest BCUT2D eigenvalue weighted by Gasteiger charge is 2.31. The van der Waals surface area contributed by atoms with Gasteiger partial charge in [-0.15, -0.1) is 0 Å². The number of carbonyl (C=O) groups is 2. The number of aromatic nitrogens is 1. The molecule has 4 nitrogen and oxygen atoms in total. The van der Waals surface area contributed by atoms with Crippen LogP contribution < -0.4 is 5.32 Å². The summed E-state index contributed by atoms with van der Waals surface area (Å²) in [4.78, 5) is 26.0. The van der Waals surface area contributed by atoms with Gasteiger partial charge in [0.15, 0.2) is 0 Å². The zero-order chi connectivity index (χ0) is 9.26. The van der Waals surface area contributed by atoms with Crippen molar-refractivity contribution in [2.45, 2.75) is 12.3 Å². The molecular weight excluding hydrogens is 168 g/mol. The summed E-state index contributed by atoms with van der Waals surface area (Å²) in [6.45, 7) is 0. The zero-order valence-corrected chi connectivity index (χ0v) is 6.86. The largest absolute Gasteiger partial charge is 0.296 e. The SMILES string of the molecule is O=C1CC(c2ccncc2)C(=O)N1. The molecule has 66 valence electrons. The normalized spacial score (nSPS) is 21.7. The van der Waals surface area contributed by atoms with E-state index in [0.29, 0.717) is 0 Å². The lowest BCUT2D eigenvalue weighted by Crippen LogP contribution is -2.21. The maximum absolute atomic E-state index is 11.2. The third-order valence-corrected chi connectivity index (χ3v) is 2.08. The molecule has 1 aliphatic rings. The predicted molar refractivity (Wildman–Crippen MR) is 44.7 cm³/mol. The summed E-state index contributed by atoms with van der Waals surface area (Å²) in [5.41, 5.74) is 0.846. The minimum atomic E-state index is -0.324. The lowest BCUT2D eigenvalue weighted by Gasteiger charge is -2.03. The van der Waals surface area contributed by atoms with Crippen molar-refractivity contribution in [1.29, 1.82) is 0 Å². The van der Waals surface area contributed by atoms with E-state index in [1.54, 1.807) is 24.5 Å². The fraction of sp³-hybridized carbons (Fsp3) is 0.222. The van der Waals surface area contributed by atoms with Gasteiger partial charge in [0.1, 0.15) is 0 Å². The Balaban J connectivity index is 2.28. The lowest BCUT2D eigenvalue weighted by molar-refractivity contribution is -0.125. The van der Waals surface area contributed by atoms with Crippen LogP contribution in [0.15, 0.2) is 24.5 Å². The Hall–Kier alpha value is -1.71. The van der Waals surface area contributed by atoms with Gasteiger partial charge < -0.3 is 0 Å². The number of nitrogens with one attached hydrogen (secondary N) is 1. The number of pyridine rings is 1. The molecule has 0 aromatic carbocycles. The van der Waals surface area contributed by atoms with Gasteiger partial charge in [0.25, 0.3) is 0 Å². The fourth-order valence-corrected chi connectivity index (χ4v) is 1.42. The van der Waals surface area contributed by atoms with E-state index in [-0.39, 0.29) is 24.2 Å². The van der Waals surface area contributed by atoms with Crippen LogP contribution in [0.5, 0.6) is 0 Å². The number of carbonyl (C=O) groups excluding carboxylic acids is 2. The average Bonchev–Trinajstić information content (AvgIpc) is 2.47. The molecule has 1 fully saturated rings. The molecule has 0 bridgehead atoms. The quantitative estimate of drug-likeness (QED) is 0.622. The highest BCUT2D eigenvalue weighted by atomic mass is 16.2. The van der Waals surface area contributed by atoms with Crippen LogP contribution in [0.25, 0.3) is 0 Å². The van der Waals surface area contributed by atoms with E-state index in [0.717, 1.165) is 5.56 Å². The molecule has 4 heteroatoms. The Morgan fingerprint density at radius 3 is 2.54 bits per heavy atom. The summed E-state index contributed by atoms with van der Waals surface area (Å²) in [5.74, 6) is -0.737. The Morgan fingerprint density at radius 1 is 1.31 bits per heavy atom. The smallest absolute Gasteiger partial charge is 0.234 e. The third kappa shape index (κ3) is 1.42. The monoisotopic (exact) mass is 176 g/mol. The van der Waals surface area contributed by atoms with Crippen LogP contribution in [-0.4, -0.2) is 16.8 Å². The number of rotatable bonds is 1. The van der Waals surface area contributed by atoms with Crippen LogP contribution in [0.4, 0.5) is 0 Å².